The van der Waals surface area contributed by atoms with Gasteiger partial charge in [0.15, 0.2) is 0 Å². The molecule has 0 spiro atoms. The van der Waals surface area contributed by atoms with E-state index in [0.29, 0.717) is 5.54 Å². The van der Waals surface area contributed by atoms with Gasteiger partial charge in [-0.15, -0.1) is 0 Å². The molecule has 4 bridgehead atoms. The molecule has 4 aliphatic carbocycles. The van der Waals surface area contributed by atoms with Crippen LogP contribution in [0.1, 0.15) is 44.2 Å². The van der Waals surface area contributed by atoms with E-state index >= 15 is 0 Å². The molecule has 126 valence electrons. The van der Waals surface area contributed by atoms with Crippen molar-refractivity contribution in [1.29, 1.82) is 0 Å². The molecule has 0 saturated heterocycles. The van der Waals surface area contributed by atoms with Gasteiger partial charge in [0.25, 0.3) is 0 Å². The zero-order chi connectivity index (χ0) is 16.1. The lowest BCUT2D eigenvalue weighted by Gasteiger charge is -2.56. The van der Waals surface area contributed by atoms with Gasteiger partial charge < -0.3 is 15.0 Å². The molecule has 1 aromatic heterocycles. The molecule has 1 aromatic rings. The zero-order valence-electron chi connectivity index (χ0n) is 14.2. The van der Waals surface area contributed by atoms with Gasteiger partial charge in [-0.1, -0.05) is 0 Å². The number of aliphatic imine (C=N–C) groups is 1. The minimum absolute atomic E-state index is 0.351. The van der Waals surface area contributed by atoms with E-state index < -0.39 is 0 Å². The zero-order valence-corrected chi connectivity index (χ0v) is 14.2. The average molecular weight is 323 g/mol. The van der Waals surface area contributed by atoms with Gasteiger partial charge in [-0.25, -0.2) is 4.99 Å². The Morgan fingerprint density at radius 2 is 1.88 bits per heavy atom. The Balaban J connectivity index is 1.32. The van der Waals surface area contributed by atoms with Gasteiger partial charge in [-0.2, -0.15) is 0 Å². The summed E-state index contributed by atoms with van der Waals surface area (Å²) in [7, 11) is 1.68. The second-order valence-corrected chi connectivity index (χ2v) is 8.19. The SMILES string of the molecule is COc1c[nH]c(C2=N/C(=C/NC34CC5CC(CC(C5)C3)C4)C=C2)c1. The van der Waals surface area contributed by atoms with E-state index in [4.69, 9.17) is 9.73 Å². The maximum Gasteiger partial charge on any atom is 0.136 e. The molecular formula is C20H25N3O. The molecular weight excluding hydrogens is 298 g/mol. The number of methoxy groups -OCH3 is 1. The number of allylic oxidation sites excluding steroid dienone is 2. The minimum Gasteiger partial charge on any atom is -0.495 e. The summed E-state index contributed by atoms with van der Waals surface area (Å²) in [6, 6.07) is 1.98. The molecule has 0 aromatic carbocycles. The van der Waals surface area contributed by atoms with Crippen molar-refractivity contribution < 1.29 is 4.74 Å². The van der Waals surface area contributed by atoms with Crippen LogP contribution >= 0.6 is 0 Å². The van der Waals surface area contributed by atoms with Crippen LogP contribution in [0.2, 0.25) is 0 Å². The lowest BCUT2D eigenvalue weighted by Crippen LogP contribution is -2.56. The number of nitrogens with zero attached hydrogens (tertiary/aromatic N) is 1. The van der Waals surface area contributed by atoms with Crippen molar-refractivity contribution in [2.24, 2.45) is 22.7 Å². The molecule has 24 heavy (non-hydrogen) atoms. The smallest absolute Gasteiger partial charge is 0.136 e. The van der Waals surface area contributed by atoms with Gasteiger partial charge in [0.1, 0.15) is 5.75 Å². The van der Waals surface area contributed by atoms with E-state index in [2.05, 4.69) is 28.7 Å². The maximum atomic E-state index is 5.23. The van der Waals surface area contributed by atoms with E-state index in [0.717, 1.165) is 40.6 Å². The van der Waals surface area contributed by atoms with Crippen molar-refractivity contribution in [3.63, 3.8) is 0 Å². The Labute approximate surface area is 143 Å². The number of aromatic nitrogens is 1. The van der Waals surface area contributed by atoms with Crippen LogP contribution < -0.4 is 10.1 Å². The number of nitrogens with one attached hydrogen (secondary N) is 2. The van der Waals surface area contributed by atoms with Crippen molar-refractivity contribution in [3.05, 3.63) is 42.0 Å². The topological polar surface area (TPSA) is 49.4 Å². The van der Waals surface area contributed by atoms with Gasteiger partial charge in [0, 0.05) is 24.0 Å². The second-order valence-electron chi connectivity index (χ2n) is 8.19. The van der Waals surface area contributed by atoms with Crippen LogP contribution in [0.25, 0.3) is 0 Å². The fourth-order valence-electron chi connectivity index (χ4n) is 5.76. The van der Waals surface area contributed by atoms with Crippen LogP contribution in [0.5, 0.6) is 5.75 Å². The highest BCUT2D eigenvalue weighted by Crippen LogP contribution is 2.55. The fraction of sp³-hybridized carbons (Fsp3) is 0.550. The maximum absolute atomic E-state index is 5.23. The van der Waals surface area contributed by atoms with Crippen molar-refractivity contribution in [1.82, 2.24) is 10.3 Å². The number of H-pyrrole nitrogens is 1. The average Bonchev–Trinajstić information content (AvgIpc) is 3.21. The highest BCUT2D eigenvalue weighted by Gasteiger charge is 2.50. The predicted octanol–water partition coefficient (Wildman–Crippen LogP) is 3.78. The summed E-state index contributed by atoms with van der Waals surface area (Å²) in [5.74, 6) is 3.73. The molecule has 4 nitrogen and oxygen atoms in total. The van der Waals surface area contributed by atoms with Gasteiger partial charge in [0.05, 0.1) is 24.2 Å². The Morgan fingerprint density at radius 3 is 2.50 bits per heavy atom. The van der Waals surface area contributed by atoms with E-state index in [-0.39, 0.29) is 0 Å². The van der Waals surface area contributed by atoms with Gasteiger partial charge in [-0.05, 0) is 68.4 Å². The van der Waals surface area contributed by atoms with Crippen LogP contribution in [-0.2, 0) is 0 Å². The van der Waals surface area contributed by atoms with E-state index in [9.17, 15) is 0 Å². The fourth-order valence-corrected chi connectivity index (χ4v) is 5.76. The summed E-state index contributed by atoms with van der Waals surface area (Å²) in [6.07, 6.45) is 16.7. The lowest BCUT2D eigenvalue weighted by molar-refractivity contribution is -0.0130. The van der Waals surface area contributed by atoms with Crippen molar-refractivity contribution in [2.75, 3.05) is 7.11 Å². The Morgan fingerprint density at radius 1 is 1.17 bits per heavy atom. The van der Waals surface area contributed by atoms with Gasteiger partial charge in [0.2, 0.25) is 0 Å². The summed E-state index contributed by atoms with van der Waals surface area (Å²) >= 11 is 0. The Kier molecular flexibility index (Phi) is 3.15. The van der Waals surface area contributed by atoms with E-state index in [1.807, 2.05) is 12.3 Å². The number of rotatable bonds is 4. The standard InChI is InChI=1S/C20H25N3O/c1-24-17-7-19(21-12-17)18-3-2-16(23-18)11-22-20-8-13-4-14(9-20)6-15(5-13)10-20/h2-3,7,11-15,21-22H,4-6,8-10H2,1H3/b16-11+. The number of hydrogen-bond donors (Lipinski definition) is 2. The van der Waals surface area contributed by atoms with Crippen LogP contribution in [0.4, 0.5) is 0 Å². The van der Waals surface area contributed by atoms with Gasteiger partial charge in [-0.3, -0.25) is 0 Å². The number of hydrogen-bond acceptors (Lipinski definition) is 3. The number of aromatic amines is 1. The molecule has 6 rings (SSSR count). The van der Waals surface area contributed by atoms with E-state index in [1.165, 1.54) is 38.5 Å². The minimum atomic E-state index is 0.351. The Bertz CT molecular complexity index is 705. The molecule has 0 amide bonds. The first-order chi connectivity index (χ1) is 11.7. The first kappa shape index (κ1) is 14.4. The Hall–Kier alpha value is -1.97. The van der Waals surface area contributed by atoms with Crippen molar-refractivity contribution in [3.8, 4) is 5.75 Å². The third kappa shape index (κ3) is 2.40. The second kappa shape index (κ2) is 5.27. The van der Waals surface area contributed by atoms with Crippen molar-refractivity contribution in [2.45, 2.75) is 44.1 Å². The molecule has 0 radical (unpaired) electrons. The summed E-state index contributed by atoms with van der Waals surface area (Å²) in [5, 5.41) is 3.80. The van der Waals surface area contributed by atoms with Crippen LogP contribution in [0.3, 0.4) is 0 Å². The first-order valence-electron chi connectivity index (χ1n) is 9.19. The quantitative estimate of drug-likeness (QED) is 0.886. The van der Waals surface area contributed by atoms with Gasteiger partial charge >= 0.3 is 0 Å². The molecule has 2 N–H and O–H groups in total. The molecule has 0 unspecified atom stereocenters. The third-order valence-electron chi connectivity index (χ3n) is 6.39. The summed E-state index contributed by atoms with van der Waals surface area (Å²) in [4.78, 5) is 7.96. The third-order valence-corrected chi connectivity index (χ3v) is 6.39. The predicted molar refractivity (Wildman–Crippen MR) is 95.1 cm³/mol. The lowest BCUT2D eigenvalue weighted by atomic mass is 9.53. The van der Waals surface area contributed by atoms with Crippen LogP contribution in [-0.4, -0.2) is 23.3 Å². The summed E-state index contributed by atoms with van der Waals surface area (Å²) in [6.45, 7) is 0. The van der Waals surface area contributed by atoms with Crippen LogP contribution in [0, 0.1) is 17.8 Å². The molecule has 4 saturated carbocycles. The van der Waals surface area contributed by atoms with Crippen molar-refractivity contribution >= 4 is 5.71 Å². The highest BCUT2D eigenvalue weighted by molar-refractivity contribution is 6.10. The molecule has 2 heterocycles. The highest BCUT2D eigenvalue weighted by atomic mass is 16.5. The summed E-state index contributed by atoms with van der Waals surface area (Å²) < 4.78 is 5.23. The largest absolute Gasteiger partial charge is 0.495 e. The van der Waals surface area contributed by atoms with Crippen LogP contribution in [0.15, 0.2) is 41.3 Å². The molecule has 4 fully saturated rings. The molecule has 0 atom stereocenters. The molecule has 5 aliphatic rings. The first-order valence-corrected chi connectivity index (χ1v) is 9.19. The number of ether oxygens (including phenoxy) is 1. The van der Waals surface area contributed by atoms with E-state index in [1.54, 1.807) is 7.11 Å². The molecule has 1 aliphatic heterocycles. The summed E-state index contributed by atoms with van der Waals surface area (Å²) in [5.41, 5.74) is 3.34. The normalized spacial score (nSPS) is 38.0. The monoisotopic (exact) mass is 323 g/mol. The molecule has 4 heteroatoms.